The third-order valence-electron chi connectivity index (χ3n) is 10.3. The Morgan fingerprint density at radius 2 is 0.766 bits per heavy atom. The maximum absolute atomic E-state index is 15.4. The molecule has 0 N–H and O–H groups in total. The van der Waals surface area contributed by atoms with E-state index >= 15 is 30.7 Å². The van der Waals surface area contributed by atoms with Crippen molar-refractivity contribution in [2.24, 2.45) is 0 Å². The lowest BCUT2D eigenvalue weighted by molar-refractivity contribution is -0.142. The number of aryl methyl sites for hydroxylation is 2. The molecule has 0 amide bonds. The van der Waals surface area contributed by atoms with Gasteiger partial charge in [-0.15, -0.1) is 0 Å². The first-order valence-electron chi connectivity index (χ1n) is 17.4. The Morgan fingerprint density at radius 3 is 1.20 bits per heavy atom. The molecule has 0 aliphatic heterocycles. The molecule has 8 aromatic rings. The summed E-state index contributed by atoms with van der Waals surface area (Å²) in [6.45, 7) is 1.79. The number of alkyl halides is 12. The standard InChI is InChI=1S/C40H14F20N4/c1-11-4-23-17(20-6-14(38(52,53)54)7-22(40(58,59)60)30(20)64(23)32-27(43)35(47)62-36(48)28(32)44)8-15(11)16-9-18-19-5-13(37(49,50)51)3-12(2)29(19)63(24(18)10-21(16)39(55,56)57)31-25(41)33(45)61-34(46)26(31)42/h3-10H,1-2H3. The van der Waals surface area contributed by atoms with E-state index < -0.39 is 177 Å². The van der Waals surface area contributed by atoms with E-state index in [0.717, 1.165) is 13.8 Å². The van der Waals surface area contributed by atoms with Crippen LogP contribution in [0.25, 0.3) is 66.1 Å². The highest BCUT2D eigenvalue weighted by atomic mass is 19.4. The fourth-order valence-electron chi connectivity index (χ4n) is 7.79. The Kier molecular flexibility index (Phi) is 9.58. The topological polar surface area (TPSA) is 35.6 Å². The average Bonchev–Trinajstić information content (AvgIpc) is 3.66. The number of nitrogens with zero attached hydrogens (tertiary/aromatic N) is 4. The molecule has 0 aliphatic carbocycles. The number of hydrogen-bond donors (Lipinski definition) is 0. The highest BCUT2D eigenvalue weighted by molar-refractivity contribution is 6.15. The molecule has 8 rings (SSSR count). The molecule has 0 atom stereocenters. The van der Waals surface area contributed by atoms with Crippen LogP contribution in [0.2, 0.25) is 0 Å². The first-order chi connectivity index (χ1) is 29.4. The van der Waals surface area contributed by atoms with Crippen molar-refractivity contribution < 1.29 is 87.8 Å². The minimum Gasteiger partial charge on any atom is -0.303 e. The number of hydrogen-bond acceptors (Lipinski definition) is 2. The van der Waals surface area contributed by atoms with Gasteiger partial charge in [0.2, 0.25) is 23.3 Å². The fraction of sp³-hybridized carbons (Fsp3) is 0.150. The Balaban J connectivity index is 1.60. The van der Waals surface area contributed by atoms with Crippen molar-refractivity contribution in [1.29, 1.82) is 0 Å². The zero-order valence-electron chi connectivity index (χ0n) is 31.0. The van der Waals surface area contributed by atoms with Gasteiger partial charge in [0.05, 0.1) is 44.3 Å². The van der Waals surface area contributed by atoms with Crippen LogP contribution < -0.4 is 0 Å². The van der Waals surface area contributed by atoms with E-state index in [2.05, 4.69) is 9.97 Å². The van der Waals surface area contributed by atoms with Gasteiger partial charge >= 0.3 is 24.7 Å². The zero-order chi connectivity index (χ0) is 47.2. The van der Waals surface area contributed by atoms with Crippen LogP contribution in [0.15, 0.2) is 48.5 Å². The molecule has 64 heavy (non-hydrogen) atoms. The van der Waals surface area contributed by atoms with Gasteiger partial charge in [0, 0.05) is 21.5 Å². The van der Waals surface area contributed by atoms with Crippen LogP contribution in [0.5, 0.6) is 0 Å². The minimum atomic E-state index is -5.86. The second-order valence-electron chi connectivity index (χ2n) is 14.2. The van der Waals surface area contributed by atoms with Gasteiger partial charge in [0.25, 0.3) is 23.8 Å². The van der Waals surface area contributed by atoms with Gasteiger partial charge in [0.15, 0.2) is 0 Å². The van der Waals surface area contributed by atoms with Crippen LogP contribution >= 0.6 is 0 Å². The molecule has 0 saturated heterocycles. The molecule has 0 saturated carbocycles. The predicted octanol–water partition coefficient (Wildman–Crippen LogP) is 14.1. The molecule has 334 valence electrons. The second kappa shape index (κ2) is 13.9. The van der Waals surface area contributed by atoms with Gasteiger partial charge in [0.1, 0.15) is 11.4 Å². The van der Waals surface area contributed by atoms with Crippen LogP contribution in [0.4, 0.5) is 87.8 Å². The Bertz CT molecular complexity index is 3280. The van der Waals surface area contributed by atoms with Gasteiger partial charge in [-0.2, -0.15) is 97.8 Å². The number of rotatable bonds is 3. The molecular formula is C40H14F20N4. The summed E-state index contributed by atoms with van der Waals surface area (Å²) in [5.41, 5.74) is -19.0. The normalized spacial score (nSPS) is 13.2. The number of benzene rings is 4. The van der Waals surface area contributed by atoms with Crippen LogP contribution in [0, 0.1) is 60.9 Å². The summed E-state index contributed by atoms with van der Waals surface area (Å²) in [6, 6.07) is 1.77. The highest BCUT2D eigenvalue weighted by Gasteiger charge is 2.42. The van der Waals surface area contributed by atoms with Crippen molar-refractivity contribution in [2.45, 2.75) is 38.6 Å². The summed E-state index contributed by atoms with van der Waals surface area (Å²) in [7, 11) is 0. The summed E-state index contributed by atoms with van der Waals surface area (Å²) >= 11 is 0. The van der Waals surface area contributed by atoms with E-state index in [0.29, 0.717) is 30.3 Å². The SMILES string of the molecule is Cc1cc2c(cc1-c1cc3c4cc(C(F)(F)F)cc(C)c4n(-c4c(F)c(F)nc(F)c4F)c3cc1C(F)(F)F)c1cc(C(F)(F)F)cc(C(F)(F)F)c1n2-c1c(F)c(F)nc(F)c1F. The lowest BCUT2D eigenvalue weighted by Crippen LogP contribution is -2.14. The molecule has 4 nitrogen and oxygen atoms in total. The minimum absolute atomic E-state index is 0.00870. The molecule has 0 unspecified atom stereocenters. The van der Waals surface area contributed by atoms with E-state index in [1.54, 1.807) is 0 Å². The van der Waals surface area contributed by atoms with E-state index in [4.69, 9.17) is 0 Å². The maximum Gasteiger partial charge on any atom is 0.418 e. The van der Waals surface area contributed by atoms with Crippen molar-refractivity contribution in [3.05, 3.63) is 129 Å². The van der Waals surface area contributed by atoms with Gasteiger partial charge in [-0.05, 0) is 84.6 Å². The second-order valence-corrected chi connectivity index (χ2v) is 14.2. The molecule has 4 aromatic carbocycles. The highest BCUT2D eigenvalue weighted by Crippen LogP contribution is 2.50. The summed E-state index contributed by atoms with van der Waals surface area (Å²) in [5.74, 6) is -19.1. The predicted molar refractivity (Wildman–Crippen MR) is 185 cm³/mol. The molecule has 24 heteroatoms. The molecule has 0 aliphatic rings. The average molecular weight is 931 g/mol. The number of pyridine rings is 2. The van der Waals surface area contributed by atoms with E-state index in [1.807, 2.05) is 0 Å². The third-order valence-corrected chi connectivity index (χ3v) is 10.3. The number of fused-ring (bicyclic) bond motifs is 6. The van der Waals surface area contributed by atoms with Crippen molar-refractivity contribution in [1.82, 2.24) is 19.1 Å². The summed E-state index contributed by atoms with van der Waals surface area (Å²) in [4.78, 5) is 4.70. The first-order valence-corrected chi connectivity index (χ1v) is 17.4. The summed E-state index contributed by atoms with van der Waals surface area (Å²) < 4.78 is 294. The number of aromatic nitrogens is 4. The summed E-state index contributed by atoms with van der Waals surface area (Å²) in [6.07, 6.45) is -22.4. The molecule has 4 aromatic heterocycles. The maximum atomic E-state index is 15.4. The van der Waals surface area contributed by atoms with Crippen molar-refractivity contribution in [3.8, 4) is 22.5 Å². The van der Waals surface area contributed by atoms with Gasteiger partial charge < -0.3 is 9.13 Å². The Hall–Kier alpha value is -6.62. The molecule has 4 heterocycles. The monoisotopic (exact) mass is 930 g/mol. The van der Waals surface area contributed by atoms with E-state index in [-0.39, 0.29) is 21.3 Å². The molecule has 0 spiro atoms. The molecule has 0 fully saturated rings. The fourth-order valence-corrected chi connectivity index (χ4v) is 7.79. The van der Waals surface area contributed by atoms with Gasteiger partial charge in [-0.25, -0.2) is 0 Å². The Morgan fingerprint density at radius 1 is 0.375 bits per heavy atom. The van der Waals surface area contributed by atoms with Crippen molar-refractivity contribution in [2.75, 3.05) is 0 Å². The summed E-state index contributed by atoms with van der Waals surface area (Å²) in [5, 5.41) is -3.78. The molecule has 0 bridgehead atoms. The Labute approximate surface area is 340 Å². The van der Waals surface area contributed by atoms with Gasteiger partial charge in [-0.1, -0.05) is 0 Å². The van der Waals surface area contributed by atoms with Gasteiger partial charge in [-0.3, -0.25) is 0 Å². The lowest BCUT2D eigenvalue weighted by atomic mass is 9.91. The van der Waals surface area contributed by atoms with Crippen molar-refractivity contribution in [3.63, 3.8) is 0 Å². The van der Waals surface area contributed by atoms with E-state index in [1.165, 1.54) is 0 Å². The quantitative estimate of drug-likeness (QED) is 0.131. The van der Waals surface area contributed by atoms with Crippen LogP contribution in [0.3, 0.4) is 0 Å². The number of halogens is 20. The molecular weight excluding hydrogens is 916 g/mol. The van der Waals surface area contributed by atoms with E-state index in [9.17, 15) is 57.1 Å². The largest absolute Gasteiger partial charge is 0.418 e. The van der Waals surface area contributed by atoms with Crippen LogP contribution in [-0.2, 0) is 24.7 Å². The zero-order valence-corrected chi connectivity index (χ0v) is 31.0. The lowest BCUT2D eigenvalue weighted by Gasteiger charge is -2.18. The smallest absolute Gasteiger partial charge is 0.303 e. The third kappa shape index (κ3) is 6.61. The van der Waals surface area contributed by atoms with Crippen LogP contribution in [0.1, 0.15) is 33.4 Å². The first kappa shape index (κ1) is 44.0. The van der Waals surface area contributed by atoms with Crippen LogP contribution in [-0.4, -0.2) is 19.1 Å². The molecule has 0 radical (unpaired) electrons. The van der Waals surface area contributed by atoms with Crippen molar-refractivity contribution >= 4 is 43.6 Å².